The molecule has 2 aromatic rings. The van der Waals surface area contributed by atoms with Crippen LogP contribution in [0.3, 0.4) is 0 Å². The first kappa shape index (κ1) is 26.0. The van der Waals surface area contributed by atoms with Gasteiger partial charge in [0.25, 0.3) is 0 Å². The van der Waals surface area contributed by atoms with Gasteiger partial charge in [-0.05, 0) is 53.5 Å². The highest BCUT2D eigenvalue weighted by molar-refractivity contribution is 7.89. The van der Waals surface area contributed by atoms with Crippen molar-refractivity contribution in [2.24, 2.45) is 0 Å². The third-order valence-corrected chi connectivity index (χ3v) is 7.28. The third kappa shape index (κ3) is 6.17. The van der Waals surface area contributed by atoms with Crippen LogP contribution in [-0.2, 0) is 26.1 Å². The maximum atomic E-state index is 14.1. The van der Waals surface area contributed by atoms with Crippen molar-refractivity contribution in [2.75, 3.05) is 13.2 Å². The number of ether oxygens (including phenoxy) is 1. The Balaban J connectivity index is 2.71. The minimum Gasteiger partial charge on any atom is -0.465 e. The first-order valence-corrected chi connectivity index (χ1v) is 12.7. The summed E-state index contributed by atoms with van der Waals surface area (Å²) >= 11 is 0. The minimum atomic E-state index is -4.01. The number of nitrogens with zero attached hydrogens (tertiary/aromatic N) is 2. The molecule has 0 saturated heterocycles. The molecule has 0 spiro atoms. The Morgan fingerprint density at radius 3 is 2.03 bits per heavy atom. The van der Waals surface area contributed by atoms with E-state index in [9.17, 15) is 13.2 Å². The van der Waals surface area contributed by atoms with Gasteiger partial charge in [0, 0.05) is 6.20 Å². The van der Waals surface area contributed by atoms with Gasteiger partial charge in [-0.25, -0.2) is 8.42 Å². The van der Waals surface area contributed by atoms with Crippen molar-refractivity contribution in [2.45, 2.75) is 77.7 Å². The number of rotatable bonds is 10. The fourth-order valence-corrected chi connectivity index (χ4v) is 5.59. The number of sulfonamides is 1. The summed E-state index contributed by atoms with van der Waals surface area (Å²) < 4.78 is 34.5. The van der Waals surface area contributed by atoms with Crippen LogP contribution < -0.4 is 0 Å². The minimum absolute atomic E-state index is 0.00438. The molecule has 7 heteroatoms. The van der Waals surface area contributed by atoms with Crippen LogP contribution in [0.4, 0.5) is 0 Å². The van der Waals surface area contributed by atoms with Gasteiger partial charge in [0.05, 0.1) is 23.7 Å². The Bertz CT molecular complexity index is 986. The normalized spacial score (nSPS) is 12.2. The van der Waals surface area contributed by atoms with Gasteiger partial charge in [0.15, 0.2) is 0 Å². The summed E-state index contributed by atoms with van der Waals surface area (Å²) in [5.41, 5.74) is 3.22. The topological polar surface area (TPSA) is 76.6 Å². The van der Waals surface area contributed by atoms with E-state index in [2.05, 4.69) is 18.8 Å². The Labute approximate surface area is 193 Å². The zero-order chi connectivity index (χ0) is 24.1. The number of carbonyl (C=O) groups is 1. The standard InChI is InChI=1S/C25H36N2O4S/c1-8-31-24(28)16-27(15-21-11-9-10-12-26-21)32(29,30)25-22(18(4)5)13-20(17(2)3)14-23(25)19(6)7/h9-14,17-19H,8,15-16H2,1-7H3. The van der Waals surface area contributed by atoms with E-state index in [0.717, 1.165) is 16.7 Å². The molecule has 0 unspecified atom stereocenters. The van der Waals surface area contributed by atoms with Crippen LogP contribution in [-0.4, -0.2) is 36.8 Å². The first-order valence-electron chi connectivity index (χ1n) is 11.2. The number of pyridine rings is 1. The summed E-state index contributed by atoms with van der Waals surface area (Å²) in [6, 6.07) is 9.32. The molecule has 2 rings (SSSR count). The number of carbonyl (C=O) groups excluding carboxylic acids is 1. The smallest absolute Gasteiger partial charge is 0.321 e. The molecule has 0 radical (unpaired) electrons. The van der Waals surface area contributed by atoms with Gasteiger partial charge >= 0.3 is 5.97 Å². The molecule has 0 bridgehead atoms. The maximum absolute atomic E-state index is 14.1. The Morgan fingerprint density at radius 2 is 1.59 bits per heavy atom. The summed E-state index contributed by atoms with van der Waals surface area (Å²) in [7, 11) is -4.01. The van der Waals surface area contributed by atoms with E-state index in [4.69, 9.17) is 4.74 Å². The zero-order valence-corrected chi connectivity index (χ0v) is 21.1. The van der Waals surface area contributed by atoms with E-state index in [-0.39, 0.29) is 37.5 Å². The van der Waals surface area contributed by atoms with Gasteiger partial charge in [-0.2, -0.15) is 4.31 Å². The molecule has 0 atom stereocenters. The van der Waals surface area contributed by atoms with Gasteiger partial charge in [0.2, 0.25) is 10.0 Å². The monoisotopic (exact) mass is 460 g/mol. The maximum Gasteiger partial charge on any atom is 0.321 e. The highest BCUT2D eigenvalue weighted by Gasteiger charge is 2.34. The molecular weight excluding hydrogens is 424 g/mol. The van der Waals surface area contributed by atoms with E-state index < -0.39 is 16.0 Å². The van der Waals surface area contributed by atoms with E-state index in [0.29, 0.717) is 10.6 Å². The molecule has 6 nitrogen and oxygen atoms in total. The highest BCUT2D eigenvalue weighted by atomic mass is 32.2. The second kappa shape index (κ2) is 11.1. The summed E-state index contributed by atoms with van der Waals surface area (Å²) in [6.07, 6.45) is 1.61. The number of esters is 1. The van der Waals surface area contributed by atoms with Gasteiger partial charge < -0.3 is 4.74 Å². The van der Waals surface area contributed by atoms with E-state index in [1.165, 1.54) is 4.31 Å². The average Bonchev–Trinajstić information content (AvgIpc) is 2.73. The van der Waals surface area contributed by atoms with E-state index in [1.807, 2.05) is 39.8 Å². The van der Waals surface area contributed by atoms with Crippen molar-refractivity contribution >= 4 is 16.0 Å². The van der Waals surface area contributed by atoms with Gasteiger partial charge in [-0.1, -0.05) is 59.7 Å². The lowest BCUT2D eigenvalue weighted by atomic mass is 9.89. The summed E-state index contributed by atoms with van der Waals surface area (Å²) in [6.45, 7) is 13.7. The molecule has 0 N–H and O–H groups in total. The third-order valence-electron chi connectivity index (χ3n) is 5.35. The Hall–Kier alpha value is -2.25. The van der Waals surface area contributed by atoms with Crippen molar-refractivity contribution in [3.05, 3.63) is 58.9 Å². The quantitative estimate of drug-likeness (QED) is 0.455. The largest absolute Gasteiger partial charge is 0.465 e. The van der Waals surface area contributed by atoms with Crippen molar-refractivity contribution < 1.29 is 17.9 Å². The number of hydrogen-bond donors (Lipinski definition) is 0. The van der Waals surface area contributed by atoms with Gasteiger partial charge in [0.1, 0.15) is 6.54 Å². The van der Waals surface area contributed by atoms with Crippen molar-refractivity contribution in [3.63, 3.8) is 0 Å². The van der Waals surface area contributed by atoms with Gasteiger partial charge in [-0.3, -0.25) is 9.78 Å². The number of aromatic nitrogens is 1. The fraction of sp³-hybridized carbons (Fsp3) is 0.520. The van der Waals surface area contributed by atoms with Crippen LogP contribution in [0.15, 0.2) is 41.4 Å². The van der Waals surface area contributed by atoms with Gasteiger partial charge in [-0.15, -0.1) is 0 Å². The number of hydrogen-bond acceptors (Lipinski definition) is 5. The van der Waals surface area contributed by atoms with Crippen LogP contribution in [0, 0.1) is 0 Å². The molecular formula is C25H36N2O4S. The molecule has 1 heterocycles. The second-order valence-corrected chi connectivity index (χ2v) is 10.8. The zero-order valence-electron chi connectivity index (χ0n) is 20.3. The molecule has 0 fully saturated rings. The van der Waals surface area contributed by atoms with Crippen LogP contribution in [0.25, 0.3) is 0 Å². The molecule has 1 aromatic heterocycles. The Morgan fingerprint density at radius 1 is 1.00 bits per heavy atom. The molecule has 0 aliphatic rings. The summed E-state index contributed by atoms with van der Waals surface area (Å²) in [4.78, 5) is 16.9. The average molecular weight is 461 g/mol. The lowest BCUT2D eigenvalue weighted by Gasteiger charge is -2.27. The SMILES string of the molecule is CCOC(=O)CN(Cc1ccccn1)S(=O)(=O)c1c(C(C)C)cc(C(C)C)cc1C(C)C. The summed E-state index contributed by atoms with van der Waals surface area (Å²) in [5, 5.41) is 0. The fourth-order valence-electron chi connectivity index (χ4n) is 3.57. The predicted octanol–water partition coefficient (Wildman–Crippen LogP) is 5.21. The number of benzene rings is 1. The van der Waals surface area contributed by atoms with Crippen LogP contribution >= 0.6 is 0 Å². The molecule has 0 amide bonds. The first-order chi connectivity index (χ1) is 15.0. The summed E-state index contributed by atoms with van der Waals surface area (Å²) in [5.74, 6) is -0.320. The van der Waals surface area contributed by atoms with E-state index in [1.54, 1.807) is 31.3 Å². The molecule has 0 aliphatic carbocycles. The van der Waals surface area contributed by atoms with Crippen molar-refractivity contribution in [1.82, 2.24) is 9.29 Å². The van der Waals surface area contributed by atoms with Crippen LogP contribution in [0.2, 0.25) is 0 Å². The predicted molar refractivity (Wildman–Crippen MR) is 127 cm³/mol. The Kier molecular flexibility index (Phi) is 8.98. The highest BCUT2D eigenvalue weighted by Crippen LogP contribution is 2.37. The van der Waals surface area contributed by atoms with E-state index >= 15 is 0 Å². The molecule has 32 heavy (non-hydrogen) atoms. The van der Waals surface area contributed by atoms with Crippen LogP contribution in [0.5, 0.6) is 0 Å². The molecule has 1 aromatic carbocycles. The second-order valence-electron chi connectivity index (χ2n) is 8.89. The van der Waals surface area contributed by atoms with Crippen molar-refractivity contribution in [1.29, 1.82) is 0 Å². The molecule has 0 aliphatic heterocycles. The molecule has 0 saturated carbocycles. The van der Waals surface area contributed by atoms with Crippen LogP contribution in [0.1, 0.15) is 88.6 Å². The lowest BCUT2D eigenvalue weighted by molar-refractivity contribution is -0.143. The molecule has 176 valence electrons. The lowest BCUT2D eigenvalue weighted by Crippen LogP contribution is -2.37. The van der Waals surface area contributed by atoms with Crippen molar-refractivity contribution in [3.8, 4) is 0 Å².